The number of benzene rings is 3. The number of aromatic nitrogens is 2. The average Bonchev–Trinajstić information content (AvgIpc) is 3.14. The average molecular weight is 417 g/mol. The highest BCUT2D eigenvalue weighted by Crippen LogP contribution is 2.28. The molecule has 3 aromatic carbocycles. The second kappa shape index (κ2) is 9.23. The van der Waals surface area contributed by atoms with Crippen LogP contribution in [0.1, 0.15) is 35.0 Å². The molecule has 1 heterocycles. The number of aryl methyl sites for hydroxylation is 3. The van der Waals surface area contributed by atoms with Crippen LogP contribution in [0.15, 0.2) is 66.7 Å². The van der Waals surface area contributed by atoms with Gasteiger partial charge in [-0.1, -0.05) is 30.3 Å². The smallest absolute Gasteiger partial charge is 0.143 e. The van der Waals surface area contributed by atoms with Gasteiger partial charge in [0, 0.05) is 6.54 Å². The van der Waals surface area contributed by atoms with Crippen LogP contribution in [0.2, 0.25) is 0 Å². The fourth-order valence-electron chi connectivity index (χ4n) is 3.71. The van der Waals surface area contributed by atoms with E-state index in [4.69, 9.17) is 14.5 Å². The number of imidazole rings is 1. The molecule has 0 saturated heterocycles. The van der Waals surface area contributed by atoms with E-state index in [1.54, 1.807) is 7.11 Å². The van der Waals surface area contributed by atoms with E-state index in [0.717, 1.165) is 34.5 Å². The zero-order chi connectivity index (χ0) is 21.8. The molecule has 1 aromatic heterocycles. The normalized spacial score (nSPS) is 12.1. The predicted molar refractivity (Wildman–Crippen MR) is 123 cm³/mol. The molecular weight excluding hydrogens is 388 g/mol. The summed E-state index contributed by atoms with van der Waals surface area (Å²) in [5.41, 5.74) is 5.19. The molecule has 1 unspecified atom stereocenters. The summed E-state index contributed by atoms with van der Waals surface area (Å²) >= 11 is 0. The molecule has 0 spiro atoms. The highest BCUT2D eigenvalue weighted by molar-refractivity contribution is 5.78. The molecule has 31 heavy (non-hydrogen) atoms. The van der Waals surface area contributed by atoms with Crippen LogP contribution in [0.5, 0.6) is 11.5 Å². The minimum Gasteiger partial charge on any atom is -0.497 e. The van der Waals surface area contributed by atoms with E-state index >= 15 is 0 Å². The van der Waals surface area contributed by atoms with E-state index in [9.17, 15) is 5.11 Å². The van der Waals surface area contributed by atoms with Gasteiger partial charge in [0.05, 0.1) is 24.8 Å². The van der Waals surface area contributed by atoms with Crippen molar-refractivity contribution in [1.29, 1.82) is 0 Å². The molecule has 160 valence electrons. The second-order valence-corrected chi connectivity index (χ2v) is 7.74. The Kier molecular flexibility index (Phi) is 6.23. The van der Waals surface area contributed by atoms with Crippen molar-refractivity contribution in [3.63, 3.8) is 0 Å². The largest absolute Gasteiger partial charge is 0.497 e. The monoisotopic (exact) mass is 416 g/mol. The number of aliphatic hydroxyl groups is 1. The third-order valence-electron chi connectivity index (χ3n) is 5.61. The molecular formula is C26H28N2O3. The van der Waals surface area contributed by atoms with Gasteiger partial charge in [-0.25, -0.2) is 4.98 Å². The molecule has 0 bridgehead atoms. The number of rotatable bonds is 8. The Bertz CT molecular complexity index is 1150. The lowest BCUT2D eigenvalue weighted by molar-refractivity contribution is 0.203. The van der Waals surface area contributed by atoms with Gasteiger partial charge in [-0.15, -0.1) is 0 Å². The molecule has 0 saturated carbocycles. The highest BCUT2D eigenvalue weighted by atomic mass is 16.5. The Morgan fingerprint density at radius 2 is 1.61 bits per heavy atom. The summed E-state index contributed by atoms with van der Waals surface area (Å²) in [7, 11) is 1.65. The Balaban J connectivity index is 1.56. The van der Waals surface area contributed by atoms with Crippen LogP contribution in [0.4, 0.5) is 0 Å². The molecule has 0 amide bonds. The van der Waals surface area contributed by atoms with Crippen LogP contribution in [-0.4, -0.2) is 28.4 Å². The maximum Gasteiger partial charge on any atom is 0.143 e. The number of fused-ring (bicyclic) bond motifs is 1. The quantitative estimate of drug-likeness (QED) is 0.401. The van der Waals surface area contributed by atoms with E-state index < -0.39 is 6.10 Å². The van der Waals surface area contributed by atoms with Crippen LogP contribution in [0.3, 0.4) is 0 Å². The van der Waals surface area contributed by atoms with Crippen molar-refractivity contribution in [2.45, 2.75) is 32.9 Å². The van der Waals surface area contributed by atoms with Crippen LogP contribution in [0, 0.1) is 13.8 Å². The SMILES string of the molecule is COc1ccc(OCCCn2c(C(O)c3ccccc3)nc3cc(C)c(C)cc32)cc1. The van der Waals surface area contributed by atoms with E-state index in [1.807, 2.05) is 54.6 Å². The molecule has 4 rings (SSSR count). The van der Waals surface area contributed by atoms with Gasteiger partial charge in [-0.05, 0) is 73.4 Å². The summed E-state index contributed by atoms with van der Waals surface area (Å²) in [6.07, 6.45) is 0.00978. The maximum atomic E-state index is 11.1. The van der Waals surface area contributed by atoms with Crippen LogP contribution < -0.4 is 9.47 Å². The van der Waals surface area contributed by atoms with Crippen molar-refractivity contribution in [3.05, 3.63) is 89.2 Å². The number of methoxy groups -OCH3 is 1. The Hall–Kier alpha value is -3.31. The molecule has 1 N–H and O–H groups in total. The Morgan fingerprint density at radius 1 is 0.935 bits per heavy atom. The van der Waals surface area contributed by atoms with Gasteiger partial charge < -0.3 is 19.1 Å². The fourth-order valence-corrected chi connectivity index (χ4v) is 3.71. The summed E-state index contributed by atoms with van der Waals surface area (Å²) in [4.78, 5) is 4.81. The van der Waals surface area contributed by atoms with E-state index in [0.29, 0.717) is 19.0 Å². The van der Waals surface area contributed by atoms with Gasteiger partial charge in [0.25, 0.3) is 0 Å². The highest BCUT2D eigenvalue weighted by Gasteiger charge is 2.20. The van der Waals surface area contributed by atoms with Gasteiger partial charge in [0.15, 0.2) is 0 Å². The molecule has 0 aliphatic carbocycles. The second-order valence-electron chi connectivity index (χ2n) is 7.74. The van der Waals surface area contributed by atoms with Gasteiger partial charge in [0.2, 0.25) is 0 Å². The fraction of sp³-hybridized carbons (Fsp3) is 0.269. The van der Waals surface area contributed by atoms with Crippen molar-refractivity contribution in [2.75, 3.05) is 13.7 Å². The lowest BCUT2D eigenvalue weighted by Gasteiger charge is -2.15. The lowest BCUT2D eigenvalue weighted by atomic mass is 10.1. The van der Waals surface area contributed by atoms with Crippen molar-refractivity contribution >= 4 is 11.0 Å². The maximum absolute atomic E-state index is 11.1. The summed E-state index contributed by atoms with van der Waals surface area (Å²) in [6, 6.07) is 21.5. The van der Waals surface area contributed by atoms with Crippen LogP contribution in [0.25, 0.3) is 11.0 Å². The van der Waals surface area contributed by atoms with Gasteiger partial charge in [0.1, 0.15) is 23.4 Å². The first-order valence-corrected chi connectivity index (χ1v) is 10.5. The number of aliphatic hydroxyl groups excluding tert-OH is 1. The molecule has 1 atom stereocenters. The van der Waals surface area contributed by atoms with Crippen molar-refractivity contribution < 1.29 is 14.6 Å². The standard InChI is InChI=1S/C26H28N2O3/c1-18-16-23-24(17-19(18)2)28(26(27-23)25(29)20-8-5-4-6-9-20)14-7-15-31-22-12-10-21(30-3)11-13-22/h4-6,8-13,16-17,25,29H,7,14-15H2,1-3H3. The number of hydrogen-bond donors (Lipinski definition) is 1. The molecule has 0 radical (unpaired) electrons. The van der Waals surface area contributed by atoms with Crippen molar-refractivity contribution in [3.8, 4) is 11.5 Å². The van der Waals surface area contributed by atoms with Crippen LogP contribution in [-0.2, 0) is 6.54 Å². The van der Waals surface area contributed by atoms with Gasteiger partial charge >= 0.3 is 0 Å². The number of nitrogens with zero attached hydrogens (tertiary/aromatic N) is 2. The van der Waals surface area contributed by atoms with Gasteiger partial charge in [-0.2, -0.15) is 0 Å². The Labute approximate surface area is 182 Å². The van der Waals surface area contributed by atoms with E-state index in [2.05, 4.69) is 30.5 Å². The lowest BCUT2D eigenvalue weighted by Crippen LogP contribution is -2.12. The first kappa shape index (κ1) is 20.9. The molecule has 0 fully saturated rings. The third-order valence-corrected chi connectivity index (χ3v) is 5.61. The summed E-state index contributed by atoms with van der Waals surface area (Å²) in [6.45, 7) is 5.46. The molecule has 5 nitrogen and oxygen atoms in total. The Morgan fingerprint density at radius 3 is 2.32 bits per heavy atom. The molecule has 0 aliphatic heterocycles. The number of ether oxygens (including phenoxy) is 2. The van der Waals surface area contributed by atoms with Crippen molar-refractivity contribution in [1.82, 2.24) is 9.55 Å². The number of hydrogen-bond acceptors (Lipinski definition) is 4. The first-order chi connectivity index (χ1) is 15.1. The van der Waals surface area contributed by atoms with Gasteiger partial charge in [-0.3, -0.25) is 0 Å². The third kappa shape index (κ3) is 4.57. The minimum atomic E-state index is -0.781. The topological polar surface area (TPSA) is 56.5 Å². The van der Waals surface area contributed by atoms with Crippen LogP contribution >= 0.6 is 0 Å². The zero-order valence-corrected chi connectivity index (χ0v) is 18.2. The van der Waals surface area contributed by atoms with E-state index in [-0.39, 0.29) is 0 Å². The molecule has 0 aliphatic rings. The minimum absolute atomic E-state index is 0.567. The van der Waals surface area contributed by atoms with E-state index in [1.165, 1.54) is 11.1 Å². The molecule has 4 aromatic rings. The zero-order valence-electron chi connectivity index (χ0n) is 18.2. The first-order valence-electron chi connectivity index (χ1n) is 10.5. The summed E-state index contributed by atoms with van der Waals surface area (Å²) < 4.78 is 13.2. The molecule has 5 heteroatoms. The summed E-state index contributed by atoms with van der Waals surface area (Å²) in [5, 5.41) is 11.1. The van der Waals surface area contributed by atoms with Crippen molar-refractivity contribution in [2.24, 2.45) is 0 Å². The predicted octanol–water partition coefficient (Wildman–Crippen LogP) is 5.21. The summed E-state index contributed by atoms with van der Waals surface area (Å²) in [5.74, 6) is 2.28.